The van der Waals surface area contributed by atoms with Crippen molar-refractivity contribution in [3.8, 4) is 0 Å². The fraction of sp³-hybridized carbons (Fsp3) is 0.600. The minimum absolute atomic E-state index is 0.0361. The summed E-state index contributed by atoms with van der Waals surface area (Å²) in [5.74, 6) is -0.264. The van der Waals surface area contributed by atoms with E-state index in [1.54, 1.807) is 0 Å². The number of sulfonamides is 1. The van der Waals surface area contributed by atoms with E-state index < -0.39 is 22.0 Å². The van der Waals surface area contributed by atoms with Gasteiger partial charge in [-0.2, -0.15) is 4.72 Å². The number of hydrogen-bond acceptors (Lipinski definition) is 6. The van der Waals surface area contributed by atoms with Gasteiger partial charge in [-0.25, -0.2) is 8.42 Å². The molecule has 0 fully saturated rings. The number of carbonyl (C=O) groups excluding carboxylic acids is 1. The second kappa shape index (κ2) is 6.13. The highest BCUT2D eigenvalue weighted by Crippen LogP contribution is 2.18. The molecule has 0 aromatic carbocycles. The van der Waals surface area contributed by atoms with Gasteiger partial charge >= 0.3 is 0 Å². The van der Waals surface area contributed by atoms with E-state index in [0.29, 0.717) is 0 Å². The Morgan fingerprint density at radius 1 is 1.47 bits per heavy atom. The number of nitrogens with zero attached hydrogens (tertiary/aromatic N) is 1. The fourth-order valence-corrected chi connectivity index (χ4v) is 3.08. The standard InChI is InChI=1S/C10H18N4O4S/c1-6-9(8(3)18-13-6)19(16,17)14-7(2)10(15)12-5-4-11/h7,14H,4-5,11H2,1-3H3,(H,12,15). The van der Waals surface area contributed by atoms with Crippen LogP contribution in [0.1, 0.15) is 18.4 Å². The van der Waals surface area contributed by atoms with Gasteiger partial charge in [0, 0.05) is 13.1 Å². The summed E-state index contributed by atoms with van der Waals surface area (Å²) in [6.45, 7) is 5.03. The molecule has 1 heterocycles. The van der Waals surface area contributed by atoms with Crippen LogP contribution < -0.4 is 15.8 Å². The maximum absolute atomic E-state index is 12.1. The number of nitrogens with two attached hydrogens (primary N) is 1. The van der Waals surface area contributed by atoms with Gasteiger partial charge < -0.3 is 15.6 Å². The highest BCUT2D eigenvalue weighted by Gasteiger charge is 2.27. The molecule has 4 N–H and O–H groups in total. The molecule has 8 nitrogen and oxygen atoms in total. The molecule has 0 aliphatic heterocycles. The lowest BCUT2D eigenvalue weighted by atomic mass is 10.3. The Labute approximate surface area is 111 Å². The van der Waals surface area contributed by atoms with Gasteiger partial charge in [-0.05, 0) is 20.8 Å². The number of hydrogen-bond donors (Lipinski definition) is 3. The molecule has 0 aliphatic carbocycles. The SMILES string of the molecule is Cc1noc(C)c1S(=O)(=O)NC(C)C(=O)NCCN. The Bertz CT molecular complexity index is 532. The Morgan fingerprint density at radius 2 is 2.11 bits per heavy atom. The highest BCUT2D eigenvalue weighted by atomic mass is 32.2. The first kappa shape index (κ1) is 15.6. The summed E-state index contributed by atoms with van der Waals surface area (Å²) in [5, 5.41) is 6.07. The van der Waals surface area contributed by atoms with E-state index in [2.05, 4.69) is 15.2 Å². The molecule has 1 amide bonds. The molecule has 0 saturated carbocycles. The number of carbonyl (C=O) groups is 1. The Balaban J connectivity index is 2.84. The summed E-state index contributed by atoms with van der Waals surface area (Å²) in [6, 6.07) is -0.912. The zero-order chi connectivity index (χ0) is 14.6. The number of amides is 1. The average molecular weight is 290 g/mol. The first-order valence-electron chi connectivity index (χ1n) is 5.72. The molecule has 0 saturated heterocycles. The number of aromatic nitrogens is 1. The summed E-state index contributed by atoms with van der Waals surface area (Å²) in [6.07, 6.45) is 0. The van der Waals surface area contributed by atoms with Crippen LogP contribution in [0.5, 0.6) is 0 Å². The minimum Gasteiger partial charge on any atom is -0.360 e. The van der Waals surface area contributed by atoms with E-state index in [-0.39, 0.29) is 29.4 Å². The zero-order valence-corrected chi connectivity index (χ0v) is 11.9. The van der Waals surface area contributed by atoms with Crippen molar-refractivity contribution in [3.05, 3.63) is 11.5 Å². The van der Waals surface area contributed by atoms with E-state index in [4.69, 9.17) is 10.3 Å². The number of rotatable bonds is 6. The zero-order valence-electron chi connectivity index (χ0n) is 11.1. The largest absolute Gasteiger partial charge is 0.360 e. The second-order valence-electron chi connectivity index (χ2n) is 4.08. The van der Waals surface area contributed by atoms with Gasteiger partial charge in [0.25, 0.3) is 0 Å². The van der Waals surface area contributed by atoms with Crippen LogP contribution in [-0.2, 0) is 14.8 Å². The quantitative estimate of drug-likeness (QED) is 0.618. The van der Waals surface area contributed by atoms with Crippen LogP contribution in [0.15, 0.2) is 9.42 Å². The molecule has 0 radical (unpaired) electrons. The van der Waals surface area contributed by atoms with Crippen LogP contribution in [0.2, 0.25) is 0 Å². The van der Waals surface area contributed by atoms with Crippen molar-refractivity contribution < 1.29 is 17.7 Å². The van der Waals surface area contributed by atoms with E-state index in [0.717, 1.165) is 0 Å². The highest BCUT2D eigenvalue weighted by molar-refractivity contribution is 7.89. The molecule has 0 spiro atoms. The molecular weight excluding hydrogens is 272 g/mol. The first-order chi connectivity index (χ1) is 8.79. The van der Waals surface area contributed by atoms with Gasteiger partial charge in [0.05, 0.1) is 6.04 Å². The van der Waals surface area contributed by atoms with Crippen molar-refractivity contribution in [2.75, 3.05) is 13.1 Å². The summed E-state index contributed by atoms with van der Waals surface area (Å²) in [4.78, 5) is 11.6. The van der Waals surface area contributed by atoms with Crippen molar-refractivity contribution in [2.24, 2.45) is 5.73 Å². The van der Waals surface area contributed by atoms with Gasteiger partial charge in [-0.3, -0.25) is 4.79 Å². The molecule has 1 unspecified atom stereocenters. The predicted octanol–water partition coefficient (Wildman–Crippen LogP) is -0.967. The molecular formula is C10H18N4O4S. The van der Waals surface area contributed by atoms with E-state index >= 15 is 0 Å². The molecule has 0 bridgehead atoms. The predicted molar refractivity (Wildman–Crippen MR) is 67.8 cm³/mol. The third-order valence-corrected chi connectivity index (χ3v) is 4.19. The van der Waals surface area contributed by atoms with Crippen molar-refractivity contribution in [3.63, 3.8) is 0 Å². The monoisotopic (exact) mass is 290 g/mol. The minimum atomic E-state index is -3.85. The van der Waals surface area contributed by atoms with Crippen LogP contribution in [0.25, 0.3) is 0 Å². The van der Waals surface area contributed by atoms with Crippen LogP contribution in [0.3, 0.4) is 0 Å². The molecule has 108 valence electrons. The molecule has 19 heavy (non-hydrogen) atoms. The maximum atomic E-state index is 12.1. The van der Waals surface area contributed by atoms with Crippen molar-refractivity contribution in [2.45, 2.75) is 31.7 Å². The average Bonchev–Trinajstić information content (AvgIpc) is 2.65. The van der Waals surface area contributed by atoms with Crippen molar-refractivity contribution in [1.82, 2.24) is 15.2 Å². The molecule has 9 heteroatoms. The molecule has 1 atom stereocenters. The van der Waals surface area contributed by atoms with Gasteiger partial charge in [-0.15, -0.1) is 0 Å². The smallest absolute Gasteiger partial charge is 0.246 e. The summed E-state index contributed by atoms with van der Waals surface area (Å²) in [7, 11) is -3.85. The Morgan fingerprint density at radius 3 is 2.58 bits per heavy atom. The second-order valence-corrected chi connectivity index (χ2v) is 5.73. The van der Waals surface area contributed by atoms with Crippen LogP contribution >= 0.6 is 0 Å². The van der Waals surface area contributed by atoms with Gasteiger partial charge in [-0.1, -0.05) is 5.16 Å². The van der Waals surface area contributed by atoms with Gasteiger partial charge in [0.1, 0.15) is 10.6 Å². The fourth-order valence-electron chi connectivity index (χ4n) is 1.55. The lowest BCUT2D eigenvalue weighted by Crippen LogP contribution is -2.46. The number of aryl methyl sites for hydroxylation is 2. The first-order valence-corrected chi connectivity index (χ1v) is 7.21. The maximum Gasteiger partial charge on any atom is 0.246 e. The van der Waals surface area contributed by atoms with Crippen LogP contribution in [0.4, 0.5) is 0 Å². The van der Waals surface area contributed by atoms with E-state index in [9.17, 15) is 13.2 Å². The topological polar surface area (TPSA) is 127 Å². The lowest BCUT2D eigenvalue weighted by Gasteiger charge is -2.13. The molecule has 1 aromatic heterocycles. The molecule has 1 aromatic rings. The van der Waals surface area contributed by atoms with Crippen molar-refractivity contribution in [1.29, 1.82) is 0 Å². The third kappa shape index (κ3) is 3.75. The Hall–Kier alpha value is -1.45. The van der Waals surface area contributed by atoms with Crippen LogP contribution in [-0.4, -0.2) is 38.6 Å². The van der Waals surface area contributed by atoms with Crippen molar-refractivity contribution >= 4 is 15.9 Å². The lowest BCUT2D eigenvalue weighted by molar-refractivity contribution is -0.122. The summed E-state index contributed by atoms with van der Waals surface area (Å²) < 4.78 is 31.3. The van der Waals surface area contributed by atoms with Crippen LogP contribution in [0, 0.1) is 13.8 Å². The molecule has 0 aliphatic rings. The Kier molecular flexibility index (Phi) is 5.04. The molecule has 1 rings (SSSR count). The third-order valence-electron chi connectivity index (χ3n) is 2.41. The normalized spacial score (nSPS) is 13.3. The van der Waals surface area contributed by atoms with Gasteiger partial charge in [0.2, 0.25) is 15.9 Å². The summed E-state index contributed by atoms with van der Waals surface area (Å²) >= 11 is 0. The van der Waals surface area contributed by atoms with E-state index in [1.807, 2.05) is 0 Å². The summed E-state index contributed by atoms with van der Waals surface area (Å²) in [5.41, 5.74) is 5.50. The number of nitrogens with one attached hydrogen (secondary N) is 2. The van der Waals surface area contributed by atoms with E-state index in [1.165, 1.54) is 20.8 Å². The van der Waals surface area contributed by atoms with Gasteiger partial charge in [0.15, 0.2) is 5.76 Å².